The maximum atomic E-state index is 10.2. The van der Waals surface area contributed by atoms with Crippen LogP contribution in [0, 0.1) is 0 Å². The SMILES string of the molecule is CCCOc1ccc(CN2CCN(C(CC)CO)CC2)c(O)c1. The lowest BCUT2D eigenvalue weighted by Gasteiger charge is -2.38. The highest BCUT2D eigenvalue weighted by atomic mass is 16.5. The molecule has 1 atom stereocenters. The molecule has 1 heterocycles. The number of aliphatic hydroxyl groups is 1. The van der Waals surface area contributed by atoms with Crippen molar-refractivity contribution in [3.05, 3.63) is 23.8 Å². The third kappa shape index (κ3) is 5.09. The lowest BCUT2D eigenvalue weighted by Crippen LogP contribution is -2.50. The van der Waals surface area contributed by atoms with Crippen LogP contribution in [0.25, 0.3) is 0 Å². The number of ether oxygens (including phenoxy) is 1. The molecule has 5 heteroatoms. The fourth-order valence-corrected chi connectivity index (χ4v) is 3.02. The zero-order chi connectivity index (χ0) is 16.7. The highest BCUT2D eigenvalue weighted by Gasteiger charge is 2.22. The van der Waals surface area contributed by atoms with Gasteiger partial charge in [-0.1, -0.05) is 19.9 Å². The highest BCUT2D eigenvalue weighted by Crippen LogP contribution is 2.25. The lowest BCUT2D eigenvalue weighted by molar-refractivity contribution is 0.0605. The summed E-state index contributed by atoms with van der Waals surface area (Å²) in [5, 5.41) is 19.6. The van der Waals surface area contributed by atoms with E-state index in [-0.39, 0.29) is 12.6 Å². The molecule has 0 amide bonds. The Morgan fingerprint density at radius 3 is 2.48 bits per heavy atom. The molecular weight excluding hydrogens is 292 g/mol. The number of aliphatic hydroxyl groups excluding tert-OH is 1. The number of benzene rings is 1. The zero-order valence-corrected chi connectivity index (χ0v) is 14.4. The first kappa shape index (κ1) is 18.0. The molecule has 1 fully saturated rings. The summed E-state index contributed by atoms with van der Waals surface area (Å²) in [7, 11) is 0. The molecule has 5 nitrogen and oxygen atoms in total. The van der Waals surface area contributed by atoms with E-state index in [1.807, 2.05) is 12.1 Å². The fraction of sp³-hybridized carbons (Fsp3) is 0.667. The van der Waals surface area contributed by atoms with Gasteiger partial charge in [-0.05, 0) is 18.9 Å². The highest BCUT2D eigenvalue weighted by molar-refractivity contribution is 5.39. The third-order valence-corrected chi connectivity index (χ3v) is 4.53. The Morgan fingerprint density at radius 1 is 1.17 bits per heavy atom. The van der Waals surface area contributed by atoms with Crippen LogP contribution in [-0.2, 0) is 6.54 Å². The number of nitrogens with zero attached hydrogens (tertiary/aromatic N) is 2. The van der Waals surface area contributed by atoms with E-state index in [0.717, 1.165) is 56.9 Å². The summed E-state index contributed by atoms with van der Waals surface area (Å²) < 4.78 is 5.54. The molecule has 1 saturated heterocycles. The summed E-state index contributed by atoms with van der Waals surface area (Å²) in [6.07, 6.45) is 1.94. The second kappa shape index (κ2) is 9.11. The zero-order valence-electron chi connectivity index (χ0n) is 14.4. The average Bonchev–Trinajstić information content (AvgIpc) is 2.57. The van der Waals surface area contributed by atoms with E-state index in [4.69, 9.17) is 4.74 Å². The van der Waals surface area contributed by atoms with Gasteiger partial charge in [0.2, 0.25) is 0 Å². The van der Waals surface area contributed by atoms with Gasteiger partial charge in [0.05, 0.1) is 13.2 Å². The van der Waals surface area contributed by atoms with E-state index in [2.05, 4.69) is 23.6 Å². The van der Waals surface area contributed by atoms with E-state index in [1.54, 1.807) is 6.07 Å². The van der Waals surface area contributed by atoms with Crippen molar-refractivity contribution < 1.29 is 14.9 Å². The Morgan fingerprint density at radius 2 is 1.91 bits per heavy atom. The Kier molecular flexibility index (Phi) is 7.15. The van der Waals surface area contributed by atoms with Gasteiger partial charge in [-0.15, -0.1) is 0 Å². The monoisotopic (exact) mass is 322 g/mol. The van der Waals surface area contributed by atoms with Gasteiger partial charge in [-0.3, -0.25) is 9.80 Å². The molecular formula is C18H30N2O3. The van der Waals surface area contributed by atoms with E-state index in [0.29, 0.717) is 12.4 Å². The van der Waals surface area contributed by atoms with Gasteiger partial charge in [0, 0.05) is 50.4 Å². The number of piperazine rings is 1. The van der Waals surface area contributed by atoms with Crippen LogP contribution in [-0.4, -0.2) is 65.4 Å². The molecule has 1 aromatic carbocycles. The largest absolute Gasteiger partial charge is 0.507 e. The second-order valence-corrected chi connectivity index (χ2v) is 6.20. The first-order chi connectivity index (χ1) is 11.2. The summed E-state index contributed by atoms with van der Waals surface area (Å²) in [4.78, 5) is 4.71. The first-order valence-electron chi connectivity index (χ1n) is 8.69. The number of phenolic OH excluding ortho intramolecular Hbond substituents is 1. The lowest BCUT2D eigenvalue weighted by atomic mass is 10.1. The van der Waals surface area contributed by atoms with Crippen molar-refractivity contribution in [3.8, 4) is 11.5 Å². The Bertz CT molecular complexity index is 469. The summed E-state index contributed by atoms with van der Waals surface area (Å²) in [6.45, 7) is 9.70. The van der Waals surface area contributed by atoms with Gasteiger partial charge in [-0.2, -0.15) is 0 Å². The molecule has 23 heavy (non-hydrogen) atoms. The minimum atomic E-state index is 0.233. The van der Waals surface area contributed by atoms with Gasteiger partial charge in [0.25, 0.3) is 0 Å². The molecule has 1 aromatic rings. The van der Waals surface area contributed by atoms with Crippen molar-refractivity contribution in [2.75, 3.05) is 39.4 Å². The molecule has 130 valence electrons. The van der Waals surface area contributed by atoms with Gasteiger partial charge in [-0.25, -0.2) is 0 Å². The van der Waals surface area contributed by atoms with Crippen molar-refractivity contribution in [3.63, 3.8) is 0 Å². The third-order valence-electron chi connectivity index (χ3n) is 4.53. The molecule has 2 rings (SSSR count). The molecule has 0 saturated carbocycles. The second-order valence-electron chi connectivity index (χ2n) is 6.20. The molecule has 0 aliphatic carbocycles. The van der Waals surface area contributed by atoms with Crippen LogP contribution in [0.1, 0.15) is 32.3 Å². The summed E-state index contributed by atoms with van der Waals surface area (Å²) in [6, 6.07) is 5.87. The van der Waals surface area contributed by atoms with Gasteiger partial charge in [0.1, 0.15) is 11.5 Å². The number of phenols is 1. The van der Waals surface area contributed by atoms with Gasteiger partial charge >= 0.3 is 0 Å². The van der Waals surface area contributed by atoms with Crippen LogP contribution < -0.4 is 4.74 Å². The predicted molar refractivity (Wildman–Crippen MR) is 91.9 cm³/mol. The van der Waals surface area contributed by atoms with Gasteiger partial charge < -0.3 is 14.9 Å². The molecule has 2 N–H and O–H groups in total. The number of hydrogen-bond donors (Lipinski definition) is 2. The van der Waals surface area contributed by atoms with Crippen molar-refractivity contribution in [1.29, 1.82) is 0 Å². The van der Waals surface area contributed by atoms with Crippen LogP contribution in [0.15, 0.2) is 18.2 Å². The maximum absolute atomic E-state index is 10.2. The number of aromatic hydroxyl groups is 1. The van der Waals surface area contributed by atoms with Crippen LogP contribution >= 0.6 is 0 Å². The molecule has 1 aliphatic heterocycles. The minimum absolute atomic E-state index is 0.233. The van der Waals surface area contributed by atoms with Crippen LogP contribution in [0.5, 0.6) is 11.5 Å². The Labute approximate surface area is 139 Å². The van der Waals surface area contributed by atoms with Crippen molar-refractivity contribution in [1.82, 2.24) is 9.80 Å². The summed E-state index contributed by atoms with van der Waals surface area (Å²) in [5.41, 5.74) is 0.941. The van der Waals surface area contributed by atoms with E-state index < -0.39 is 0 Å². The Hall–Kier alpha value is -1.30. The van der Waals surface area contributed by atoms with Crippen molar-refractivity contribution in [2.45, 2.75) is 39.3 Å². The molecule has 1 aliphatic rings. The van der Waals surface area contributed by atoms with Gasteiger partial charge in [0.15, 0.2) is 0 Å². The number of hydrogen-bond acceptors (Lipinski definition) is 5. The quantitative estimate of drug-likeness (QED) is 0.767. The summed E-state index contributed by atoms with van der Waals surface area (Å²) >= 11 is 0. The predicted octanol–water partition coefficient (Wildman–Crippen LogP) is 2.07. The topological polar surface area (TPSA) is 56.2 Å². The fourth-order valence-electron chi connectivity index (χ4n) is 3.02. The maximum Gasteiger partial charge on any atom is 0.123 e. The Balaban J connectivity index is 1.86. The van der Waals surface area contributed by atoms with Crippen LogP contribution in [0.2, 0.25) is 0 Å². The average molecular weight is 322 g/mol. The van der Waals surface area contributed by atoms with E-state index in [1.165, 1.54) is 0 Å². The summed E-state index contributed by atoms with van der Waals surface area (Å²) in [5.74, 6) is 1.04. The van der Waals surface area contributed by atoms with Crippen molar-refractivity contribution in [2.24, 2.45) is 0 Å². The smallest absolute Gasteiger partial charge is 0.123 e. The van der Waals surface area contributed by atoms with Crippen LogP contribution in [0.4, 0.5) is 0 Å². The normalized spacial score (nSPS) is 18.0. The first-order valence-corrected chi connectivity index (χ1v) is 8.69. The van der Waals surface area contributed by atoms with E-state index in [9.17, 15) is 10.2 Å². The van der Waals surface area contributed by atoms with Crippen molar-refractivity contribution >= 4 is 0 Å². The minimum Gasteiger partial charge on any atom is -0.507 e. The molecule has 0 bridgehead atoms. The van der Waals surface area contributed by atoms with Crippen LogP contribution in [0.3, 0.4) is 0 Å². The number of rotatable bonds is 8. The molecule has 0 aromatic heterocycles. The molecule has 0 spiro atoms. The molecule has 1 unspecified atom stereocenters. The molecule has 0 radical (unpaired) electrons. The van der Waals surface area contributed by atoms with E-state index >= 15 is 0 Å². The standard InChI is InChI=1S/C18H30N2O3/c1-3-11-23-17-6-5-15(18(22)12-17)13-19-7-9-20(10-8-19)16(4-2)14-21/h5-6,12,16,21-22H,3-4,7-11,13-14H2,1-2H3.